The molecule has 128 valence electrons. The van der Waals surface area contributed by atoms with Gasteiger partial charge in [0.25, 0.3) is 5.91 Å². The second-order valence-electron chi connectivity index (χ2n) is 6.24. The molecule has 2 heterocycles. The fourth-order valence-corrected chi connectivity index (χ4v) is 3.59. The number of rotatable bonds is 5. The van der Waals surface area contributed by atoms with Crippen molar-refractivity contribution >= 4 is 17.5 Å². The van der Waals surface area contributed by atoms with Crippen molar-refractivity contribution in [3.05, 3.63) is 46.6 Å². The third-order valence-electron chi connectivity index (χ3n) is 4.70. The number of carbonyl (C=O) groups excluding carboxylic acids is 1. The number of benzene rings is 1. The van der Waals surface area contributed by atoms with Gasteiger partial charge in [-0.3, -0.25) is 4.79 Å². The Balaban J connectivity index is 2.11. The molecule has 4 nitrogen and oxygen atoms in total. The van der Waals surface area contributed by atoms with Crippen LogP contribution in [0.25, 0.3) is 11.3 Å². The molecule has 1 aromatic carbocycles. The van der Waals surface area contributed by atoms with Gasteiger partial charge >= 0.3 is 0 Å². The lowest BCUT2D eigenvalue weighted by molar-refractivity contribution is 0.0963. The van der Waals surface area contributed by atoms with E-state index >= 15 is 0 Å². The van der Waals surface area contributed by atoms with Crippen molar-refractivity contribution in [1.82, 2.24) is 15.2 Å². The van der Waals surface area contributed by atoms with Gasteiger partial charge < -0.3 is 15.2 Å². The third-order valence-corrected chi connectivity index (χ3v) is 4.95. The van der Waals surface area contributed by atoms with Crippen molar-refractivity contribution in [1.29, 1.82) is 0 Å². The van der Waals surface area contributed by atoms with Gasteiger partial charge in [-0.2, -0.15) is 0 Å². The summed E-state index contributed by atoms with van der Waals surface area (Å²) in [5.74, 6) is -0.0484. The van der Waals surface area contributed by atoms with Crippen LogP contribution in [0.15, 0.2) is 30.3 Å². The van der Waals surface area contributed by atoms with Gasteiger partial charge in [-0.15, -0.1) is 0 Å². The van der Waals surface area contributed by atoms with Crippen molar-refractivity contribution in [3.63, 3.8) is 0 Å². The van der Waals surface area contributed by atoms with Gasteiger partial charge in [0, 0.05) is 30.4 Å². The fraction of sp³-hybridized carbons (Fsp3) is 0.421. The van der Waals surface area contributed by atoms with E-state index in [0.717, 1.165) is 36.3 Å². The highest BCUT2D eigenvalue weighted by atomic mass is 35.5. The molecule has 1 aliphatic rings. The zero-order valence-corrected chi connectivity index (χ0v) is 15.0. The summed E-state index contributed by atoms with van der Waals surface area (Å²) in [6.45, 7) is 4.09. The van der Waals surface area contributed by atoms with Gasteiger partial charge in [0.15, 0.2) is 0 Å². The van der Waals surface area contributed by atoms with Crippen LogP contribution in [0.3, 0.4) is 0 Å². The number of halogens is 1. The van der Waals surface area contributed by atoms with E-state index in [4.69, 9.17) is 11.6 Å². The smallest absolute Gasteiger partial charge is 0.253 e. The second-order valence-corrected chi connectivity index (χ2v) is 6.68. The minimum atomic E-state index is -0.0484. The van der Waals surface area contributed by atoms with Gasteiger partial charge in [0.1, 0.15) is 0 Å². The zero-order valence-electron chi connectivity index (χ0n) is 14.2. The molecule has 1 aliphatic heterocycles. The molecule has 0 bridgehead atoms. The summed E-state index contributed by atoms with van der Waals surface area (Å²) in [6, 6.07) is 10.2. The first-order chi connectivity index (χ1) is 11.6. The lowest BCUT2D eigenvalue weighted by Crippen LogP contribution is -2.28. The van der Waals surface area contributed by atoms with Crippen LogP contribution in [0.4, 0.5) is 0 Å². The number of hydrogen-bond donors (Lipinski definition) is 2. The van der Waals surface area contributed by atoms with Crippen LogP contribution in [-0.2, 0) is 13.0 Å². The molecular weight excluding hydrogens is 322 g/mol. The van der Waals surface area contributed by atoms with Crippen molar-refractivity contribution < 1.29 is 4.79 Å². The Morgan fingerprint density at radius 2 is 2.12 bits per heavy atom. The SMILES string of the molecule is CCc1cc(C(=O)NC)c(-c2ccc(Cl)cc2)n1CC1CCCN1. The van der Waals surface area contributed by atoms with E-state index in [1.54, 1.807) is 7.05 Å². The molecule has 2 N–H and O–H groups in total. The maximum atomic E-state index is 12.4. The Morgan fingerprint density at radius 3 is 2.71 bits per heavy atom. The summed E-state index contributed by atoms with van der Waals surface area (Å²) in [4.78, 5) is 12.4. The summed E-state index contributed by atoms with van der Waals surface area (Å²) >= 11 is 6.04. The summed E-state index contributed by atoms with van der Waals surface area (Å²) < 4.78 is 2.30. The molecule has 0 saturated carbocycles. The largest absolute Gasteiger partial charge is 0.355 e. The Labute approximate surface area is 148 Å². The predicted molar refractivity (Wildman–Crippen MR) is 98.7 cm³/mol. The van der Waals surface area contributed by atoms with E-state index in [1.165, 1.54) is 18.5 Å². The predicted octanol–water partition coefficient (Wildman–Crippen LogP) is 3.48. The summed E-state index contributed by atoms with van der Waals surface area (Å²) in [5.41, 5.74) is 3.93. The lowest BCUT2D eigenvalue weighted by atomic mass is 10.1. The monoisotopic (exact) mass is 345 g/mol. The maximum Gasteiger partial charge on any atom is 0.253 e. The Bertz CT molecular complexity index is 715. The summed E-state index contributed by atoms with van der Waals surface area (Å²) in [6.07, 6.45) is 3.28. The molecule has 1 aromatic heterocycles. The van der Waals surface area contributed by atoms with Crippen LogP contribution >= 0.6 is 11.6 Å². The number of aryl methyl sites for hydroxylation is 1. The van der Waals surface area contributed by atoms with Crippen molar-refractivity contribution in [2.75, 3.05) is 13.6 Å². The van der Waals surface area contributed by atoms with E-state index in [1.807, 2.05) is 30.3 Å². The van der Waals surface area contributed by atoms with Gasteiger partial charge in [-0.1, -0.05) is 30.7 Å². The van der Waals surface area contributed by atoms with E-state index in [0.29, 0.717) is 11.1 Å². The van der Waals surface area contributed by atoms with E-state index < -0.39 is 0 Å². The standard InChI is InChI=1S/C19H24ClN3O/c1-3-16-11-17(19(24)21-2)18(13-6-8-14(20)9-7-13)23(16)12-15-5-4-10-22-15/h6-9,11,15,22H,3-5,10,12H2,1-2H3,(H,21,24). The van der Waals surface area contributed by atoms with E-state index in [9.17, 15) is 4.79 Å². The van der Waals surface area contributed by atoms with Crippen LogP contribution < -0.4 is 10.6 Å². The molecule has 1 fully saturated rings. The van der Waals surface area contributed by atoms with E-state index in [2.05, 4.69) is 22.1 Å². The summed E-state index contributed by atoms with van der Waals surface area (Å²) in [7, 11) is 1.68. The molecule has 1 atom stereocenters. The molecule has 0 radical (unpaired) electrons. The Hall–Kier alpha value is -1.78. The Morgan fingerprint density at radius 1 is 1.38 bits per heavy atom. The molecule has 1 unspecified atom stereocenters. The van der Waals surface area contributed by atoms with Crippen molar-refractivity contribution in [2.24, 2.45) is 0 Å². The van der Waals surface area contributed by atoms with Crippen LogP contribution in [-0.4, -0.2) is 30.1 Å². The van der Waals surface area contributed by atoms with Gasteiger partial charge in [-0.05, 0) is 49.6 Å². The van der Waals surface area contributed by atoms with Gasteiger partial charge in [0.2, 0.25) is 0 Å². The van der Waals surface area contributed by atoms with E-state index in [-0.39, 0.29) is 5.91 Å². The molecule has 24 heavy (non-hydrogen) atoms. The highest BCUT2D eigenvalue weighted by Crippen LogP contribution is 2.30. The molecule has 5 heteroatoms. The number of hydrogen-bond acceptors (Lipinski definition) is 2. The number of nitrogens with one attached hydrogen (secondary N) is 2. The number of aromatic nitrogens is 1. The molecule has 1 saturated heterocycles. The van der Waals surface area contributed by atoms with Crippen molar-refractivity contribution in [3.8, 4) is 11.3 Å². The summed E-state index contributed by atoms with van der Waals surface area (Å²) in [5, 5.41) is 7.02. The van der Waals surface area contributed by atoms with Crippen LogP contribution in [0, 0.1) is 0 Å². The maximum absolute atomic E-state index is 12.4. The van der Waals surface area contributed by atoms with Crippen LogP contribution in [0.1, 0.15) is 35.8 Å². The van der Waals surface area contributed by atoms with Crippen LogP contribution in [0.5, 0.6) is 0 Å². The van der Waals surface area contributed by atoms with Crippen molar-refractivity contribution in [2.45, 2.75) is 38.8 Å². The second kappa shape index (κ2) is 7.41. The Kier molecular flexibility index (Phi) is 5.27. The highest BCUT2D eigenvalue weighted by molar-refractivity contribution is 6.30. The normalized spacial score (nSPS) is 17.2. The fourth-order valence-electron chi connectivity index (χ4n) is 3.46. The number of nitrogens with zero attached hydrogens (tertiary/aromatic N) is 1. The first-order valence-corrected chi connectivity index (χ1v) is 8.95. The van der Waals surface area contributed by atoms with Gasteiger partial charge in [-0.25, -0.2) is 0 Å². The molecule has 2 aromatic rings. The molecule has 1 amide bonds. The molecule has 0 spiro atoms. The lowest BCUT2D eigenvalue weighted by Gasteiger charge is -2.18. The zero-order chi connectivity index (χ0) is 17.1. The average molecular weight is 346 g/mol. The number of amides is 1. The highest BCUT2D eigenvalue weighted by Gasteiger charge is 2.23. The number of carbonyl (C=O) groups is 1. The first kappa shape index (κ1) is 17.1. The van der Waals surface area contributed by atoms with Gasteiger partial charge in [0.05, 0.1) is 11.3 Å². The third kappa shape index (κ3) is 3.35. The quantitative estimate of drug-likeness (QED) is 0.871. The minimum absolute atomic E-state index is 0.0484. The minimum Gasteiger partial charge on any atom is -0.355 e. The average Bonchev–Trinajstić information content (AvgIpc) is 3.23. The first-order valence-electron chi connectivity index (χ1n) is 8.57. The molecule has 0 aliphatic carbocycles. The topological polar surface area (TPSA) is 46.1 Å². The van der Waals surface area contributed by atoms with Crippen LogP contribution in [0.2, 0.25) is 5.02 Å². The molecule has 3 rings (SSSR count). The molecular formula is C19H24ClN3O.